The van der Waals surface area contributed by atoms with Crippen LogP contribution in [0.15, 0.2) is 29.2 Å². The summed E-state index contributed by atoms with van der Waals surface area (Å²) in [5.41, 5.74) is 0. The number of aliphatic hydroxyl groups is 1. The largest absolute Gasteiger partial charge is 0.395 e. The molecule has 1 saturated heterocycles. The van der Waals surface area contributed by atoms with E-state index in [0.29, 0.717) is 24.4 Å². The third kappa shape index (κ3) is 3.55. The van der Waals surface area contributed by atoms with Crippen molar-refractivity contribution in [2.75, 3.05) is 19.7 Å². The number of hydrogen-bond donors (Lipinski definition) is 2. The van der Waals surface area contributed by atoms with E-state index < -0.39 is 16.1 Å². The van der Waals surface area contributed by atoms with Crippen molar-refractivity contribution in [2.45, 2.75) is 23.8 Å². The van der Waals surface area contributed by atoms with Crippen molar-refractivity contribution in [2.24, 2.45) is 0 Å². The molecule has 1 aliphatic rings. The predicted molar refractivity (Wildman–Crippen MR) is 78.5 cm³/mol. The molecule has 1 aromatic rings. The second-order valence-corrected chi connectivity index (χ2v) is 7.07. The molecule has 2 rings (SSSR count). The van der Waals surface area contributed by atoms with Gasteiger partial charge in [-0.15, -0.1) is 0 Å². The first-order valence-electron chi connectivity index (χ1n) is 6.63. The molecular weight excluding hydrogens is 316 g/mol. The molecule has 1 heterocycles. The number of amides is 1. The number of benzene rings is 1. The molecule has 116 valence electrons. The molecule has 0 spiro atoms. The molecule has 1 fully saturated rings. The minimum Gasteiger partial charge on any atom is -0.395 e. The van der Waals surface area contributed by atoms with Crippen molar-refractivity contribution < 1.29 is 18.3 Å². The second-order valence-electron chi connectivity index (χ2n) is 4.74. The number of rotatable bonds is 5. The summed E-state index contributed by atoms with van der Waals surface area (Å²) in [5.74, 6) is -0.376. The molecule has 1 amide bonds. The Hall–Kier alpha value is -1.15. The molecule has 2 N–H and O–H groups in total. The Morgan fingerprint density at radius 2 is 2.05 bits per heavy atom. The molecule has 0 bridgehead atoms. The van der Waals surface area contributed by atoms with E-state index in [1.807, 2.05) is 0 Å². The van der Waals surface area contributed by atoms with Gasteiger partial charge in [0.15, 0.2) is 0 Å². The van der Waals surface area contributed by atoms with E-state index in [1.165, 1.54) is 28.6 Å². The van der Waals surface area contributed by atoms with Crippen molar-refractivity contribution in [3.63, 3.8) is 0 Å². The minimum absolute atomic E-state index is 0.115. The molecule has 0 aromatic heterocycles. The highest BCUT2D eigenvalue weighted by Crippen LogP contribution is 2.26. The van der Waals surface area contributed by atoms with E-state index in [-0.39, 0.29) is 24.0 Å². The van der Waals surface area contributed by atoms with Gasteiger partial charge in [0.1, 0.15) is 6.04 Å². The Labute approximate surface area is 128 Å². The molecule has 1 atom stereocenters. The number of aliphatic hydroxyl groups excluding tert-OH is 1. The summed E-state index contributed by atoms with van der Waals surface area (Å²) in [5, 5.41) is 11.7. The van der Waals surface area contributed by atoms with E-state index in [0.717, 1.165) is 0 Å². The van der Waals surface area contributed by atoms with Gasteiger partial charge in [-0.3, -0.25) is 4.79 Å². The van der Waals surface area contributed by atoms with E-state index in [4.69, 9.17) is 16.7 Å². The van der Waals surface area contributed by atoms with Gasteiger partial charge in [-0.2, -0.15) is 4.31 Å². The van der Waals surface area contributed by atoms with Gasteiger partial charge >= 0.3 is 0 Å². The average molecular weight is 333 g/mol. The lowest BCUT2D eigenvalue weighted by molar-refractivity contribution is -0.124. The standard InChI is InChI=1S/C13H17ClN2O4S/c14-10-3-5-11(6-4-10)21(19,20)16-8-1-2-12(16)13(18)15-7-9-17/h3-6,12,17H,1-2,7-9H2,(H,15,18)/t12-/m1/s1. The molecular formula is C13H17ClN2O4S. The van der Waals surface area contributed by atoms with Crippen molar-refractivity contribution >= 4 is 27.5 Å². The first-order valence-corrected chi connectivity index (χ1v) is 8.44. The summed E-state index contributed by atoms with van der Waals surface area (Å²) in [6.45, 7) is 0.245. The monoisotopic (exact) mass is 332 g/mol. The molecule has 0 aliphatic carbocycles. The lowest BCUT2D eigenvalue weighted by Crippen LogP contribution is -2.46. The van der Waals surface area contributed by atoms with Crippen molar-refractivity contribution in [1.29, 1.82) is 0 Å². The van der Waals surface area contributed by atoms with E-state index in [1.54, 1.807) is 0 Å². The smallest absolute Gasteiger partial charge is 0.243 e. The Balaban J connectivity index is 2.22. The number of carbonyl (C=O) groups excluding carboxylic acids is 1. The van der Waals surface area contributed by atoms with Gasteiger partial charge in [-0.05, 0) is 37.1 Å². The maximum absolute atomic E-state index is 12.6. The third-order valence-electron chi connectivity index (χ3n) is 3.34. The van der Waals surface area contributed by atoms with Crippen LogP contribution in [-0.2, 0) is 14.8 Å². The molecule has 1 aliphatic heterocycles. The molecule has 6 nitrogen and oxygen atoms in total. The highest BCUT2D eigenvalue weighted by Gasteiger charge is 2.39. The normalized spacial score (nSPS) is 19.6. The first-order chi connectivity index (χ1) is 9.96. The predicted octanol–water partition coefficient (Wildman–Crippen LogP) is 0.602. The topological polar surface area (TPSA) is 86.7 Å². The van der Waals surface area contributed by atoms with Crippen molar-refractivity contribution in [3.05, 3.63) is 29.3 Å². The molecule has 21 heavy (non-hydrogen) atoms. The maximum Gasteiger partial charge on any atom is 0.243 e. The van der Waals surface area contributed by atoms with Crippen LogP contribution in [0.1, 0.15) is 12.8 Å². The van der Waals surface area contributed by atoms with E-state index in [9.17, 15) is 13.2 Å². The number of nitrogens with one attached hydrogen (secondary N) is 1. The van der Waals surface area contributed by atoms with Gasteiger partial charge < -0.3 is 10.4 Å². The summed E-state index contributed by atoms with van der Waals surface area (Å²) in [7, 11) is -3.72. The lowest BCUT2D eigenvalue weighted by atomic mass is 10.2. The van der Waals surface area contributed by atoms with Crippen LogP contribution in [0.3, 0.4) is 0 Å². The zero-order valence-electron chi connectivity index (χ0n) is 11.3. The highest BCUT2D eigenvalue weighted by molar-refractivity contribution is 7.89. The number of nitrogens with zero attached hydrogens (tertiary/aromatic N) is 1. The summed E-state index contributed by atoms with van der Waals surface area (Å²) < 4.78 is 26.4. The van der Waals surface area contributed by atoms with E-state index >= 15 is 0 Å². The maximum atomic E-state index is 12.6. The molecule has 0 radical (unpaired) electrons. The number of halogens is 1. The van der Waals surface area contributed by atoms with Crippen LogP contribution in [0.25, 0.3) is 0 Å². The summed E-state index contributed by atoms with van der Waals surface area (Å²) >= 11 is 5.76. The minimum atomic E-state index is -3.72. The van der Waals surface area contributed by atoms with Gasteiger partial charge in [0, 0.05) is 18.1 Å². The fraction of sp³-hybridized carbons (Fsp3) is 0.462. The number of carbonyl (C=O) groups is 1. The Kier molecular flexibility index (Phi) is 5.21. The molecule has 0 unspecified atom stereocenters. The van der Waals surface area contributed by atoms with Crippen LogP contribution in [0.5, 0.6) is 0 Å². The molecule has 0 saturated carbocycles. The molecule has 8 heteroatoms. The van der Waals surface area contributed by atoms with Gasteiger partial charge in [-0.25, -0.2) is 8.42 Å². The van der Waals surface area contributed by atoms with Crippen LogP contribution in [-0.4, -0.2) is 49.5 Å². The third-order valence-corrected chi connectivity index (χ3v) is 5.51. The Morgan fingerprint density at radius 3 is 2.67 bits per heavy atom. The van der Waals surface area contributed by atoms with Gasteiger partial charge in [-0.1, -0.05) is 11.6 Å². The van der Waals surface area contributed by atoms with Crippen molar-refractivity contribution in [3.8, 4) is 0 Å². The lowest BCUT2D eigenvalue weighted by Gasteiger charge is -2.23. The second kappa shape index (κ2) is 6.74. The van der Waals surface area contributed by atoms with Crippen LogP contribution in [0, 0.1) is 0 Å². The zero-order chi connectivity index (χ0) is 15.5. The van der Waals surface area contributed by atoms with Crippen LogP contribution in [0.4, 0.5) is 0 Å². The van der Waals surface area contributed by atoms with Crippen LogP contribution < -0.4 is 5.32 Å². The van der Waals surface area contributed by atoms with E-state index in [2.05, 4.69) is 5.32 Å². The summed E-state index contributed by atoms with van der Waals surface area (Å²) in [4.78, 5) is 12.1. The highest BCUT2D eigenvalue weighted by atomic mass is 35.5. The fourth-order valence-electron chi connectivity index (χ4n) is 2.33. The quantitative estimate of drug-likeness (QED) is 0.826. The van der Waals surface area contributed by atoms with Crippen molar-refractivity contribution in [1.82, 2.24) is 9.62 Å². The fourth-order valence-corrected chi connectivity index (χ4v) is 4.11. The number of sulfonamides is 1. The SMILES string of the molecule is O=C(NCCO)[C@H]1CCCN1S(=O)(=O)c1ccc(Cl)cc1. The van der Waals surface area contributed by atoms with Crippen LogP contribution in [0.2, 0.25) is 5.02 Å². The Morgan fingerprint density at radius 1 is 1.38 bits per heavy atom. The van der Waals surface area contributed by atoms with Crippen LogP contribution >= 0.6 is 11.6 Å². The number of hydrogen-bond acceptors (Lipinski definition) is 4. The first kappa shape index (κ1) is 16.2. The molecule has 1 aromatic carbocycles. The summed E-state index contributed by atoms with van der Waals surface area (Å²) in [6.07, 6.45) is 1.11. The van der Waals surface area contributed by atoms with Gasteiger partial charge in [0.25, 0.3) is 0 Å². The zero-order valence-corrected chi connectivity index (χ0v) is 12.9. The Bertz CT molecular complexity index is 603. The summed E-state index contributed by atoms with van der Waals surface area (Å²) in [6, 6.07) is 5.14. The average Bonchev–Trinajstić information content (AvgIpc) is 2.95. The van der Waals surface area contributed by atoms with Gasteiger partial charge in [0.05, 0.1) is 11.5 Å². The van der Waals surface area contributed by atoms with Gasteiger partial charge in [0.2, 0.25) is 15.9 Å².